The molecule has 0 bridgehead atoms. The molecule has 2 aromatic carbocycles. The molecule has 6 nitrogen and oxygen atoms in total. The number of sulfonamides is 1. The summed E-state index contributed by atoms with van der Waals surface area (Å²) >= 11 is 6.09. The first kappa shape index (κ1) is 18.4. The van der Waals surface area contributed by atoms with E-state index in [1.54, 1.807) is 6.07 Å². The Labute approximate surface area is 156 Å². The number of rotatable bonds is 3. The second-order valence-corrected chi connectivity index (χ2v) is 8.51. The lowest BCUT2D eigenvalue weighted by molar-refractivity contribution is -0.116. The number of carbonyl (C=O) groups is 2. The maximum absolute atomic E-state index is 12.6. The van der Waals surface area contributed by atoms with Crippen LogP contribution in [0.15, 0.2) is 36.4 Å². The molecule has 2 aromatic rings. The van der Waals surface area contributed by atoms with Gasteiger partial charge >= 0.3 is 0 Å². The number of aryl methyl sites for hydroxylation is 2. The molecule has 0 saturated carbocycles. The van der Waals surface area contributed by atoms with Gasteiger partial charge in [-0.15, -0.1) is 0 Å². The molecule has 8 heteroatoms. The standard InChI is InChI=1S/C18H17ClN2O4S/c1-11-3-6-15(12(2)9-11)20-18(23)13-4-5-14(19)16(10-13)21-17(22)7-8-26(21,24)25/h3-6,9-10H,7-8H2,1-2H3,(H,20,23). The number of nitrogens with one attached hydrogen (secondary N) is 1. The highest BCUT2D eigenvalue weighted by Gasteiger charge is 2.37. The van der Waals surface area contributed by atoms with Crippen LogP contribution in [0.5, 0.6) is 0 Å². The highest BCUT2D eigenvalue weighted by Crippen LogP contribution is 2.33. The lowest BCUT2D eigenvalue weighted by atomic mass is 10.1. The van der Waals surface area contributed by atoms with Crippen LogP contribution in [0.2, 0.25) is 5.02 Å². The first-order chi connectivity index (χ1) is 12.2. The monoisotopic (exact) mass is 392 g/mol. The topological polar surface area (TPSA) is 83.6 Å². The largest absolute Gasteiger partial charge is 0.322 e. The minimum atomic E-state index is -3.76. The number of hydrogen-bond acceptors (Lipinski definition) is 4. The van der Waals surface area contributed by atoms with Crippen molar-refractivity contribution in [2.45, 2.75) is 20.3 Å². The summed E-state index contributed by atoms with van der Waals surface area (Å²) in [6.45, 7) is 3.84. The molecular weight excluding hydrogens is 376 g/mol. The highest BCUT2D eigenvalue weighted by molar-refractivity contribution is 7.94. The molecule has 0 spiro atoms. The summed E-state index contributed by atoms with van der Waals surface area (Å²) in [5.74, 6) is -1.24. The van der Waals surface area contributed by atoms with Gasteiger partial charge in [-0.1, -0.05) is 29.3 Å². The molecule has 1 fully saturated rings. The van der Waals surface area contributed by atoms with Crippen molar-refractivity contribution >= 4 is 44.8 Å². The molecule has 1 aliphatic heterocycles. The fourth-order valence-electron chi connectivity index (χ4n) is 2.81. The van der Waals surface area contributed by atoms with E-state index in [0.717, 1.165) is 11.1 Å². The molecule has 0 atom stereocenters. The Morgan fingerprint density at radius 2 is 1.88 bits per heavy atom. The Morgan fingerprint density at radius 3 is 2.50 bits per heavy atom. The summed E-state index contributed by atoms with van der Waals surface area (Å²) in [5, 5.41) is 2.88. The van der Waals surface area contributed by atoms with Gasteiger partial charge in [0.25, 0.3) is 5.91 Å². The van der Waals surface area contributed by atoms with E-state index in [0.29, 0.717) is 9.99 Å². The predicted molar refractivity (Wildman–Crippen MR) is 101 cm³/mol. The van der Waals surface area contributed by atoms with Crippen molar-refractivity contribution in [2.24, 2.45) is 0 Å². The number of halogens is 1. The van der Waals surface area contributed by atoms with Crippen molar-refractivity contribution in [3.8, 4) is 0 Å². The Morgan fingerprint density at radius 1 is 1.15 bits per heavy atom. The Balaban J connectivity index is 1.94. The van der Waals surface area contributed by atoms with Crippen LogP contribution in [0, 0.1) is 13.8 Å². The quantitative estimate of drug-likeness (QED) is 0.868. The molecule has 26 heavy (non-hydrogen) atoms. The number of amides is 2. The van der Waals surface area contributed by atoms with Gasteiger partial charge < -0.3 is 5.32 Å². The predicted octanol–water partition coefficient (Wildman–Crippen LogP) is 3.28. The average molecular weight is 393 g/mol. The SMILES string of the molecule is Cc1ccc(NC(=O)c2ccc(Cl)c(N3C(=O)CCS3(=O)=O)c2)c(C)c1. The van der Waals surface area contributed by atoms with Gasteiger partial charge in [-0.3, -0.25) is 9.59 Å². The lowest BCUT2D eigenvalue weighted by Gasteiger charge is -2.17. The second-order valence-electron chi connectivity index (χ2n) is 6.16. The number of hydrogen-bond donors (Lipinski definition) is 1. The van der Waals surface area contributed by atoms with E-state index in [2.05, 4.69) is 5.32 Å². The minimum Gasteiger partial charge on any atom is -0.322 e. The molecule has 136 valence electrons. The highest BCUT2D eigenvalue weighted by atomic mass is 35.5. The molecule has 2 amide bonds. The molecule has 0 radical (unpaired) electrons. The number of carbonyl (C=O) groups excluding carboxylic acids is 2. The molecule has 1 heterocycles. The van der Waals surface area contributed by atoms with Crippen LogP contribution in [0.1, 0.15) is 27.9 Å². The van der Waals surface area contributed by atoms with E-state index in [-0.39, 0.29) is 28.4 Å². The van der Waals surface area contributed by atoms with E-state index in [1.807, 2.05) is 26.0 Å². The van der Waals surface area contributed by atoms with Crippen LogP contribution in [-0.2, 0) is 14.8 Å². The van der Waals surface area contributed by atoms with Gasteiger partial charge in [-0.05, 0) is 43.7 Å². The first-order valence-electron chi connectivity index (χ1n) is 7.93. The zero-order valence-electron chi connectivity index (χ0n) is 14.2. The Bertz CT molecular complexity index is 1020. The van der Waals surface area contributed by atoms with Crippen molar-refractivity contribution in [1.29, 1.82) is 0 Å². The van der Waals surface area contributed by atoms with Gasteiger partial charge in [0.15, 0.2) is 0 Å². The third-order valence-corrected chi connectivity index (χ3v) is 6.13. The maximum atomic E-state index is 12.6. The van der Waals surface area contributed by atoms with Gasteiger partial charge in [-0.25, -0.2) is 12.7 Å². The zero-order valence-corrected chi connectivity index (χ0v) is 15.8. The van der Waals surface area contributed by atoms with Gasteiger partial charge in [0.1, 0.15) is 0 Å². The van der Waals surface area contributed by atoms with E-state index in [9.17, 15) is 18.0 Å². The first-order valence-corrected chi connectivity index (χ1v) is 9.92. The number of benzene rings is 2. The third-order valence-electron chi connectivity index (χ3n) is 4.14. The average Bonchev–Trinajstić information content (AvgIpc) is 2.84. The molecule has 0 aromatic heterocycles. The summed E-state index contributed by atoms with van der Waals surface area (Å²) in [6, 6.07) is 9.84. The minimum absolute atomic E-state index is 0.00226. The van der Waals surface area contributed by atoms with E-state index < -0.39 is 21.8 Å². The summed E-state index contributed by atoms with van der Waals surface area (Å²) in [7, 11) is -3.76. The molecule has 3 rings (SSSR count). The van der Waals surface area contributed by atoms with E-state index in [1.165, 1.54) is 18.2 Å². The van der Waals surface area contributed by atoms with Gasteiger partial charge in [0, 0.05) is 17.7 Å². The zero-order chi connectivity index (χ0) is 19.1. The molecular formula is C18H17ClN2O4S. The van der Waals surface area contributed by atoms with E-state index in [4.69, 9.17) is 11.6 Å². The van der Waals surface area contributed by atoms with Crippen LogP contribution in [0.3, 0.4) is 0 Å². The van der Waals surface area contributed by atoms with Crippen molar-refractivity contribution in [3.63, 3.8) is 0 Å². The lowest BCUT2D eigenvalue weighted by Crippen LogP contribution is -2.30. The van der Waals surface area contributed by atoms with Crippen LogP contribution in [-0.4, -0.2) is 26.0 Å². The molecule has 0 unspecified atom stereocenters. The summed E-state index contributed by atoms with van der Waals surface area (Å²) in [6.07, 6.45) is -0.0996. The van der Waals surface area contributed by atoms with Gasteiger partial charge in [-0.2, -0.15) is 0 Å². The van der Waals surface area contributed by atoms with Crippen molar-refractivity contribution in [2.75, 3.05) is 15.4 Å². The number of anilines is 2. The summed E-state index contributed by atoms with van der Waals surface area (Å²) in [4.78, 5) is 24.5. The van der Waals surface area contributed by atoms with Crippen LogP contribution >= 0.6 is 11.6 Å². The molecule has 0 aliphatic carbocycles. The fraction of sp³-hybridized carbons (Fsp3) is 0.222. The molecule has 1 saturated heterocycles. The van der Waals surface area contributed by atoms with Gasteiger partial charge in [0.2, 0.25) is 15.9 Å². The maximum Gasteiger partial charge on any atom is 0.255 e. The number of nitrogens with zero attached hydrogens (tertiary/aromatic N) is 1. The summed E-state index contributed by atoms with van der Waals surface area (Å²) < 4.78 is 24.9. The second kappa shape index (κ2) is 6.74. The smallest absolute Gasteiger partial charge is 0.255 e. The van der Waals surface area contributed by atoms with Crippen LogP contribution < -0.4 is 9.62 Å². The Hall–Kier alpha value is -2.38. The van der Waals surface area contributed by atoms with Crippen molar-refractivity contribution in [1.82, 2.24) is 0 Å². The molecule has 1 aliphatic rings. The fourth-order valence-corrected chi connectivity index (χ4v) is 4.53. The van der Waals surface area contributed by atoms with Gasteiger partial charge in [0.05, 0.1) is 16.5 Å². The van der Waals surface area contributed by atoms with Crippen LogP contribution in [0.25, 0.3) is 0 Å². The normalized spacial score (nSPS) is 16.0. The van der Waals surface area contributed by atoms with E-state index >= 15 is 0 Å². The molecule has 1 N–H and O–H groups in total. The van der Waals surface area contributed by atoms with Crippen molar-refractivity contribution < 1.29 is 18.0 Å². The Kier molecular flexibility index (Phi) is 4.77. The third kappa shape index (κ3) is 3.45. The summed E-state index contributed by atoms with van der Waals surface area (Å²) in [5.41, 5.74) is 2.85. The van der Waals surface area contributed by atoms with Crippen molar-refractivity contribution in [3.05, 3.63) is 58.1 Å². The van der Waals surface area contributed by atoms with Crippen LogP contribution in [0.4, 0.5) is 11.4 Å².